The van der Waals surface area contributed by atoms with Gasteiger partial charge in [-0.15, -0.1) is 11.8 Å². The molecule has 2 aromatic heterocycles. The Morgan fingerprint density at radius 1 is 1.21 bits per heavy atom. The van der Waals surface area contributed by atoms with E-state index in [1.54, 1.807) is 11.8 Å². The molecule has 1 N–H and O–H groups in total. The van der Waals surface area contributed by atoms with E-state index in [9.17, 15) is 0 Å². The lowest BCUT2D eigenvalue weighted by atomic mass is 9.82. The summed E-state index contributed by atoms with van der Waals surface area (Å²) in [5.74, 6) is 0. The predicted molar refractivity (Wildman–Crippen MR) is 98.5 cm³/mol. The summed E-state index contributed by atoms with van der Waals surface area (Å²) in [7, 11) is 0. The number of nitrogens with zero attached hydrogens (tertiary/aromatic N) is 3. The van der Waals surface area contributed by atoms with Crippen molar-refractivity contribution in [2.45, 2.75) is 29.7 Å². The van der Waals surface area contributed by atoms with Gasteiger partial charge in [0.2, 0.25) is 0 Å². The van der Waals surface area contributed by atoms with Crippen molar-refractivity contribution in [1.29, 1.82) is 0 Å². The second-order valence-corrected chi connectivity index (χ2v) is 7.76. The van der Waals surface area contributed by atoms with Gasteiger partial charge in [-0.2, -0.15) is 5.10 Å². The second kappa shape index (κ2) is 5.33. The molecule has 24 heavy (non-hydrogen) atoms. The number of pyridine rings is 1. The maximum absolute atomic E-state index is 4.87. The van der Waals surface area contributed by atoms with Gasteiger partial charge in [-0.3, -0.25) is 9.67 Å². The van der Waals surface area contributed by atoms with Crippen LogP contribution in [0, 0.1) is 0 Å². The third-order valence-corrected chi connectivity index (χ3v) is 6.28. The fraction of sp³-hybridized carbons (Fsp3) is 0.368. The Balaban J connectivity index is 1.58. The van der Waals surface area contributed by atoms with E-state index in [0.29, 0.717) is 5.41 Å². The number of hydrogen-bond acceptors (Lipinski definition) is 4. The molecule has 0 radical (unpaired) electrons. The van der Waals surface area contributed by atoms with Crippen molar-refractivity contribution >= 4 is 22.7 Å². The molecule has 1 spiro atoms. The molecule has 1 atom stereocenters. The van der Waals surface area contributed by atoms with Crippen LogP contribution in [0.25, 0.3) is 22.2 Å². The smallest absolute Gasteiger partial charge is 0.0941 e. The number of aryl methyl sites for hydroxylation is 1. The van der Waals surface area contributed by atoms with Crippen LogP contribution in [0.5, 0.6) is 0 Å². The summed E-state index contributed by atoms with van der Waals surface area (Å²) in [6, 6.07) is 10.9. The van der Waals surface area contributed by atoms with Crippen LogP contribution in [0.15, 0.2) is 41.4 Å². The maximum atomic E-state index is 4.87. The lowest BCUT2D eigenvalue weighted by Crippen LogP contribution is -2.25. The van der Waals surface area contributed by atoms with Crippen molar-refractivity contribution < 1.29 is 0 Å². The zero-order chi connectivity index (χ0) is 16.1. The first-order valence-corrected chi connectivity index (χ1v) is 9.73. The van der Waals surface area contributed by atoms with Crippen molar-refractivity contribution in [3.63, 3.8) is 0 Å². The Labute approximate surface area is 145 Å². The molecule has 2 aliphatic heterocycles. The fourth-order valence-corrected chi connectivity index (χ4v) is 4.60. The minimum Gasteiger partial charge on any atom is -0.316 e. The molecule has 1 fully saturated rings. The molecule has 1 saturated heterocycles. The van der Waals surface area contributed by atoms with E-state index in [1.165, 1.54) is 28.8 Å². The maximum Gasteiger partial charge on any atom is 0.0941 e. The van der Waals surface area contributed by atoms with Gasteiger partial charge in [0.05, 0.1) is 11.2 Å². The molecule has 122 valence electrons. The van der Waals surface area contributed by atoms with Crippen LogP contribution in [-0.4, -0.2) is 34.1 Å². The molecule has 5 rings (SSSR count). The summed E-state index contributed by atoms with van der Waals surface area (Å²) in [6.07, 6.45) is 6.51. The minimum atomic E-state index is 0.307. The van der Waals surface area contributed by atoms with Gasteiger partial charge < -0.3 is 5.32 Å². The van der Waals surface area contributed by atoms with Crippen molar-refractivity contribution in [3.05, 3.63) is 42.2 Å². The third-order valence-electron chi connectivity index (χ3n) is 5.55. The van der Waals surface area contributed by atoms with Gasteiger partial charge in [-0.05, 0) is 56.0 Å². The van der Waals surface area contributed by atoms with Crippen LogP contribution in [0.2, 0.25) is 0 Å². The average Bonchev–Trinajstić information content (AvgIpc) is 3.33. The first-order chi connectivity index (χ1) is 11.8. The van der Waals surface area contributed by atoms with Gasteiger partial charge in [-0.25, -0.2) is 0 Å². The summed E-state index contributed by atoms with van der Waals surface area (Å²) >= 11 is 1.76. The van der Waals surface area contributed by atoms with Crippen molar-refractivity contribution in [2.75, 3.05) is 19.3 Å². The SMILES string of the molecule is CSc1ccc2ncc(-c3cc4n(n3)CCC43CCNC3)cc2c1. The standard InChI is InChI=1S/C19H20N4S/c1-24-15-2-3-16-13(9-15)8-14(11-21-16)17-10-18-19(4-6-20-12-19)5-7-23(18)22-17/h2-3,8-11,20H,4-7,12H2,1H3. The zero-order valence-electron chi connectivity index (χ0n) is 13.7. The van der Waals surface area contributed by atoms with E-state index in [-0.39, 0.29) is 0 Å². The minimum absolute atomic E-state index is 0.307. The molecule has 4 nitrogen and oxygen atoms in total. The summed E-state index contributed by atoms with van der Waals surface area (Å²) in [5, 5.41) is 9.58. The van der Waals surface area contributed by atoms with Crippen molar-refractivity contribution in [2.24, 2.45) is 0 Å². The number of benzene rings is 1. The van der Waals surface area contributed by atoms with Crippen molar-refractivity contribution in [1.82, 2.24) is 20.1 Å². The quantitative estimate of drug-likeness (QED) is 0.728. The first kappa shape index (κ1) is 14.5. The number of fused-ring (bicyclic) bond motifs is 3. The molecular formula is C19H20N4S. The molecule has 2 aliphatic rings. The number of rotatable bonds is 2. The molecule has 1 aromatic carbocycles. The Bertz CT molecular complexity index is 924. The summed E-state index contributed by atoms with van der Waals surface area (Å²) in [5.41, 5.74) is 4.92. The number of hydrogen-bond donors (Lipinski definition) is 1. The van der Waals surface area contributed by atoms with Crippen LogP contribution in [0.1, 0.15) is 18.5 Å². The molecule has 0 bridgehead atoms. The van der Waals surface area contributed by atoms with Gasteiger partial charge in [-0.1, -0.05) is 0 Å². The Hall–Kier alpha value is -1.85. The van der Waals surface area contributed by atoms with E-state index >= 15 is 0 Å². The fourth-order valence-electron chi connectivity index (χ4n) is 4.16. The highest BCUT2D eigenvalue weighted by Crippen LogP contribution is 2.41. The van der Waals surface area contributed by atoms with Gasteiger partial charge in [0.25, 0.3) is 0 Å². The Morgan fingerprint density at radius 3 is 3.00 bits per heavy atom. The van der Waals surface area contributed by atoms with Crippen LogP contribution in [0.3, 0.4) is 0 Å². The monoisotopic (exact) mass is 336 g/mol. The third kappa shape index (κ3) is 2.11. The van der Waals surface area contributed by atoms with Crippen LogP contribution >= 0.6 is 11.8 Å². The zero-order valence-corrected chi connectivity index (χ0v) is 14.6. The van der Waals surface area contributed by atoms with Crippen LogP contribution < -0.4 is 5.32 Å². The Kier molecular flexibility index (Phi) is 3.22. The van der Waals surface area contributed by atoms with E-state index in [2.05, 4.69) is 51.6 Å². The second-order valence-electron chi connectivity index (χ2n) is 6.88. The molecule has 5 heteroatoms. The van der Waals surface area contributed by atoms with E-state index < -0.39 is 0 Å². The van der Waals surface area contributed by atoms with Crippen LogP contribution in [-0.2, 0) is 12.0 Å². The molecule has 1 unspecified atom stereocenters. The van der Waals surface area contributed by atoms with E-state index in [4.69, 9.17) is 5.10 Å². The Morgan fingerprint density at radius 2 is 2.17 bits per heavy atom. The summed E-state index contributed by atoms with van der Waals surface area (Å²) in [6.45, 7) is 3.25. The highest BCUT2D eigenvalue weighted by atomic mass is 32.2. The normalized spacial score (nSPS) is 22.5. The number of nitrogens with one attached hydrogen (secondary N) is 1. The molecule has 0 saturated carbocycles. The largest absolute Gasteiger partial charge is 0.316 e. The van der Waals surface area contributed by atoms with Gasteiger partial charge in [0, 0.05) is 46.2 Å². The van der Waals surface area contributed by atoms with E-state index in [0.717, 1.165) is 36.4 Å². The van der Waals surface area contributed by atoms with Gasteiger partial charge >= 0.3 is 0 Å². The first-order valence-electron chi connectivity index (χ1n) is 8.51. The summed E-state index contributed by atoms with van der Waals surface area (Å²) < 4.78 is 2.21. The lowest BCUT2D eigenvalue weighted by Gasteiger charge is -2.20. The molecule has 0 aliphatic carbocycles. The number of aromatic nitrogens is 3. The number of thioether (sulfide) groups is 1. The highest BCUT2D eigenvalue weighted by molar-refractivity contribution is 7.98. The molecule has 0 amide bonds. The average molecular weight is 336 g/mol. The van der Waals surface area contributed by atoms with Gasteiger partial charge in [0.1, 0.15) is 0 Å². The molecule has 3 aromatic rings. The van der Waals surface area contributed by atoms with E-state index in [1.807, 2.05) is 6.20 Å². The molecule has 4 heterocycles. The topological polar surface area (TPSA) is 42.7 Å². The lowest BCUT2D eigenvalue weighted by molar-refractivity contribution is 0.467. The highest BCUT2D eigenvalue weighted by Gasteiger charge is 2.42. The summed E-state index contributed by atoms with van der Waals surface area (Å²) in [4.78, 5) is 5.90. The van der Waals surface area contributed by atoms with Crippen molar-refractivity contribution in [3.8, 4) is 11.3 Å². The predicted octanol–water partition coefficient (Wildman–Crippen LogP) is 3.46. The van der Waals surface area contributed by atoms with Gasteiger partial charge in [0.15, 0.2) is 0 Å². The molecular weight excluding hydrogens is 316 g/mol. The van der Waals surface area contributed by atoms with Crippen LogP contribution in [0.4, 0.5) is 0 Å².